The zero-order valence-electron chi connectivity index (χ0n) is 29.8. The summed E-state index contributed by atoms with van der Waals surface area (Å²) in [5.74, 6) is -3.63. The van der Waals surface area contributed by atoms with Crippen molar-refractivity contribution < 1.29 is 33.3 Å². The fourth-order valence-electron chi connectivity index (χ4n) is 8.11. The Hall–Kier alpha value is -3.03. The lowest BCUT2D eigenvalue weighted by molar-refractivity contribution is -0.364. The van der Waals surface area contributed by atoms with E-state index in [1.165, 1.54) is 0 Å². The molecule has 3 heterocycles. The Balaban J connectivity index is 1.30. The van der Waals surface area contributed by atoms with Crippen molar-refractivity contribution in [3.63, 3.8) is 0 Å². The van der Waals surface area contributed by atoms with E-state index >= 15 is 4.79 Å². The van der Waals surface area contributed by atoms with Crippen molar-refractivity contribution in [2.75, 3.05) is 45.8 Å². The van der Waals surface area contributed by atoms with Crippen LogP contribution in [0.5, 0.6) is 0 Å². The number of para-hydroxylation sites is 1. The minimum atomic E-state index is -1.53. The Morgan fingerprint density at radius 2 is 1.67 bits per heavy atom. The van der Waals surface area contributed by atoms with Gasteiger partial charge in [0.05, 0.1) is 34.9 Å². The van der Waals surface area contributed by atoms with Crippen LogP contribution in [0.1, 0.15) is 74.2 Å². The molecule has 3 fully saturated rings. The third kappa shape index (κ3) is 7.31. The molecule has 51 heavy (non-hydrogen) atoms. The number of benzene rings is 2. The van der Waals surface area contributed by atoms with Gasteiger partial charge in [-0.25, -0.2) is 4.90 Å². The van der Waals surface area contributed by atoms with Crippen LogP contribution >= 0.6 is 23.2 Å². The number of aryl methyl sites for hydroxylation is 1. The maximum Gasteiger partial charge on any atom is 0.308 e. The van der Waals surface area contributed by atoms with E-state index < -0.39 is 11.8 Å². The first-order valence-corrected chi connectivity index (χ1v) is 18.7. The third-order valence-corrected chi connectivity index (χ3v) is 11.4. The predicted octanol–water partition coefficient (Wildman–Crippen LogP) is 6.78. The van der Waals surface area contributed by atoms with Gasteiger partial charge >= 0.3 is 5.97 Å². The minimum Gasteiger partial charge on any atom is -0.466 e. The Morgan fingerprint density at radius 1 is 0.961 bits per heavy atom. The molecule has 3 aromatic rings. The van der Waals surface area contributed by atoms with Crippen molar-refractivity contribution in [1.29, 1.82) is 0 Å². The quantitative estimate of drug-likeness (QED) is 0.150. The normalized spacial score (nSPS) is 22.2. The standard InChI is InChI=1S/C38H48Cl2N4O7/c1-5-50-36(47)25-13-15-27(16-14-25)51-38(43-18-8-9-19-43,44-20-10-17-37(44,48-3)49-4)34(45)22-26-21-31(40)32(23-30(26)39)41-35(46)29-24-42(2)33-12-7-6-11-28(29)33/h6-7,11-12,21,23-25,27H,5,8-10,13-20,22H2,1-4H3,(H,41,46). The van der Waals surface area contributed by atoms with Crippen LogP contribution in [0, 0.1) is 5.92 Å². The highest BCUT2D eigenvalue weighted by Gasteiger charge is 2.61. The molecule has 6 rings (SSSR count). The number of Topliss-reactive ketones (excluding diaryl/α,β-unsaturated/α-hetero) is 1. The molecule has 0 radical (unpaired) electrons. The predicted molar refractivity (Wildman–Crippen MR) is 196 cm³/mol. The van der Waals surface area contributed by atoms with Crippen LogP contribution in [0.2, 0.25) is 10.0 Å². The van der Waals surface area contributed by atoms with Gasteiger partial charge in [-0.05, 0) is 75.6 Å². The lowest BCUT2D eigenvalue weighted by atomic mass is 9.87. The van der Waals surface area contributed by atoms with E-state index in [-0.39, 0.29) is 46.1 Å². The Labute approximate surface area is 309 Å². The summed E-state index contributed by atoms with van der Waals surface area (Å²) >= 11 is 13.7. The van der Waals surface area contributed by atoms with E-state index in [0.717, 1.165) is 30.2 Å². The van der Waals surface area contributed by atoms with Gasteiger partial charge in [-0.1, -0.05) is 41.4 Å². The number of carbonyl (C=O) groups excluding carboxylic acids is 3. The molecule has 13 heteroatoms. The van der Waals surface area contributed by atoms with Gasteiger partial charge in [0.25, 0.3) is 5.91 Å². The van der Waals surface area contributed by atoms with E-state index in [1.807, 2.05) is 47.7 Å². The molecule has 11 nitrogen and oxygen atoms in total. The number of nitrogens with one attached hydrogen (secondary N) is 1. The average molecular weight is 744 g/mol. The van der Waals surface area contributed by atoms with Crippen molar-refractivity contribution in [1.82, 2.24) is 14.4 Å². The molecule has 2 aliphatic heterocycles. The Kier molecular flexibility index (Phi) is 11.8. The average Bonchev–Trinajstić information content (AvgIpc) is 3.90. The highest BCUT2D eigenvalue weighted by Crippen LogP contribution is 2.44. The van der Waals surface area contributed by atoms with E-state index in [2.05, 4.69) is 10.2 Å². The molecule has 1 saturated carbocycles. The third-order valence-electron chi connectivity index (χ3n) is 10.7. The minimum absolute atomic E-state index is 0.0925. The molecule has 1 aliphatic carbocycles. The zero-order chi connectivity index (χ0) is 36.3. The van der Waals surface area contributed by atoms with Crippen molar-refractivity contribution in [2.24, 2.45) is 13.0 Å². The molecule has 2 aromatic carbocycles. The number of anilines is 1. The van der Waals surface area contributed by atoms with Crippen molar-refractivity contribution in [3.05, 3.63) is 63.8 Å². The molecule has 1 unspecified atom stereocenters. The van der Waals surface area contributed by atoms with E-state index in [4.69, 9.17) is 42.1 Å². The number of ketones is 1. The van der Waals surface area contributed by atoms with Crippen molar-refractivity contribution in [3.8, 4) is 0 Å². The van der Waals surface area contributed by atoms with E-state index in [0.29, 0.717) is 75.2 Å². The molecular formula is C38H48Cl2N4O7. The number of nitrogens with zero attached hydrogens (tertiary/aromatic N) is 3. The van der Waals surface area contributed by atoms with E-state index in [1.54, 1.807) is 32.5 Å². The number of methoxy groups -OCH3 is 2. The molecule has 1 amide bonds. The summed E-state index contributed by atoms with van der Waals surface area (Å²) in [6.45, 7) is 3.97. The van der Waals surface area contributed by atoms with E-state index in [9.17, 15) is 9.59 Å². The fraction of sp³-hybridized carbons (Fsp3) is 0.553. The largest absolute Gasteiger partial charge is 0.466 e. The number of likely N-dealkylation sites (tertiary alicyclic amines) is 2. The zero-order valence-corrected chi connectivity index (χ0v) is 31.4. The van der Waals surface area contributed by atoms with Gasteiger partial charge in [-0.2, -0.15) is 0 Å². The lowest BCUT2D eigenvalue weighted by Crippen LogP contribution is -2.72. The smallest absolute Gasteiger partial charge is 0.308 e. The number of esters is 1. The maximum atomic E-state index is 15.1. The summed E-state index contributed by atoms with van der Waals surface area (Å²) in [5.41, 5.74) is 2.29. The first-order chi connectivity index (χ1) is 24.6. The topological polar surface area (TPSA) is 112 Å². The highest BCUT2D eigenvalue weighted by atomic mass is 35.5. The molecule has 3 aliphatic rings. The molecule has 1 aromatic heterocycles. The molecule has 0 bridgehead atoms. The molecule has 2 saturated heterocycles. The summed E-state index contributed by atoms with van der Waals surface area (Å²) in [4.78, 5) is 45.2. The van der Waals surface area contributed by atoms with Crippen LogP contribution in [0.3, 0.4) is 0 Å². The van der Waals surface area contributed by atoms with Crippen LogP contribution in [-0.2, 0) is 42.0 Å². The van der Waals surface area contributed by atoms with Gasteiger partial charge in [0.15, 0.2) is 5.78 Å². The summed E-state index contributed by atoms with van der Waals surface area (Å²) in [6.07, 6.45) is 6.93. The Morgan fingerprint density at radius 3 is 2.35 bits per heavy atom. The molecule has 1 N–H and O–H groups in total. The highest BCUT2D eigenvalue weighted by molar-refractivity contribution is 6.36. The van der Waals surface area contributed by atoms with Gasteiger partial charge in [-0.3, -0.25) is 19.3 Å². The molecular weight excluding hydrogens is 695 g/mol. The summed E-state index contributed by atoms with van der Waals surface area (Å²) in [5, 5.41) is 4.27. The SMILES string of the molecule is CCOC(=O)C1CCC(OC(C(=O)Cc2cc(Cl)c(NC(=O)c3cn(C)c4ccccc34)cc2Cl)(N2CCCC2)N2CCCC2(OC)OC)CC1. The number of ether oxygens (including phenoxy) is 4. The summed E-state index contributed by atoms with van der Waals surface area (Å²) in [6, 6.07) is 10.9. The monoisotopic (exact) mass is 742 g/mol. The number of carbonyl (C=O) groups is 3. The number of hydrogen-bond acceptors (Lipinski definition) is 9. The van der Waals surface area contributed by atoms with Gasteiger partial charge in [0.2, 0.25) is 11.8 Å². The Bertz CT molecular complexity index is 1750. The van der Waals surface area contributed by atoms with Crippen molar-refractivity contribution >= 4 is 57.5 Å². The van der Waals surface area contributed by atoms with Gasteiger partial charge in [0, 0.05) is 75.9 Å². The second-order valence-electron chi connectivity index (χ2n) is 13.7. The lowest BCUT2D eigenvalue weighted by Gasteiger charge is -2.52. The second-order valence-corrected chi connectivity index (χ2v) is 14.5. The number of aromatic nitrogens is 1. The van der Waals surface area contributed by atoms with Crippen LogP contribution in [0.25, 0.3) is 10.9 Å². The maximum absolute atomic E-state index is 15.1. The first-order valence-electron chi connectivity index (χ1n) is 17.9. The summed E-state index contributed by atoms with van der Waals surface area (Å²) in [7, 11) is 5.07. The fourth-order valence-corrected chi connectivity index (χ4v) is 8.57. The molecule has 276 valence electrons. The van der Waals surface area contributed by atoms with Gasteiger partial charge < -0.3 is 28.8 Å². The molecule has 0 spiro atoms. The summed E-state index contributed by atoms with van der Waals surface area (Å²) < 4.78 is 26.4. The van der Waals surface area contributed by atoms with Crippen LogP contribution in [-0.4, -0.2) is 90.4 Å². The van der Waals surface area contributed by atoms with Crippen LogP contribution in [0.15, 0.2) is 42.6 Å². The number of amides is 1. The number of halogens is 2. The second kappa shape index (κ2) is 15.9. The van der Waals surface area contributed by atoms with Crippen LogP contribution < -0.4 is 5.32 Å². The van der Waals surface area contributed by atoms with Crippen LogP contribution in [0.4, 0.5) is 5.69 Å². The number of fused-ring (bicyclic) bond motifs is 1. The van der Waals surface area contributed by atoms with Gasteiger partial charge in [0.1, 0.15) is 0 Å². The first kappa shape index (κ1) is 37.7. The number of rotatable bonds is 13. The molecule has 1 atom stereocenters. The van der Waals surface area contributed by atoms with Crippen molar-refractivity contribution in [2.45, 2.75) is 82.6 Å². The van der Waals surface area contributed by atoms with Gasteiger partial charge in [-0.15, -0.1) is 0 Å². The number of hydrogen-bond donors (Lipinski definition) is 1.